The summed E-state index contributed by atoms with van der Waals surface area (Å²) in [6, 6.07) is 0.525. The molecular weight excluding hydrogens is 242 g/mol. The van der Waals surface area contributed by atoms with Crippen LogP contribution in [0.5, 0.6) is 0 Å². The van der Waals surface area contributed by atoms with Crippen LogP contribution in [0.2, 0.25) is 0 Å². The number of hydrogen-bond donors (Lipinski definition) is 1. The molecule has 0 atom stereocenters. The van der Waals surface area contributed by atoms with E-state index in [0.29, 0.717) is 6.04 Å². The van der Waals surface area contributed by atoms with Gasteiger partial charge in [0, 0.05) is 31.1 Å². The van der Waals surface area contributed by atoms with Gasteiger partial charge in [-0.1, -0.05) is 33.1 Å². The first-order valence-corrected chi connectivity index (χ1v) is 8.06. The summed E-state index contributed by atoms with van der Waals surface area (Å²) in [5, 5.41) is 6.84. The smallest absolute Gasteiger partial charge is 0.185 e. The lowest BCUT2D eigenvalue weighted by Crippen LogP contribution is -2.27. The van der Waals surface area contributed by atoms with Crippen LogP contribution in [0.3, 0.4) is 0 Å². The summed E-state index contributed by atoms with van der Waals surface area (Å²) < 4.78 is 0. The van der Waals surface area contributed by atoms with Crippen molar-refractivity contribution in [2.45, 2.75) is 58.5 Å². The fourth-order valence-corrected chi connectivity index (χ4v) is 3.15. The largest absolute Gasteiger partial charge is 0.348 e. The molecule has 1 aromatic heterocycles. The zero-order chi connectivity index (χ0) is 12.8. The molecule has 1 fully saturated rings. The highest BCUT2D eigenvalue weighted by molar-refractivity contribution is 7.13. The average Bonchev–Trinajstić information content (AvgIpc) is 2.74. The molecule has 0 radical (unpaired) electrons. The van der Waals surface area contributed by atoms with Crippen molar-refractivity contribution >= 4 is 16.5 Å². The van der Waals surface area contributed by atoms with Crippen LogP contribution in [-0.4, -0.2) is 24.1 Å². The maximum atomic E-state index is 4.76. The molecule has 4 heteroatoms. The molecule has 3 nitrogen and oxygen atoms in total. The minimum Gasteiger partial charge on any atom is -0.348 e. The van der Waals surface area contributed by atoms with E-state index in [1.165, 1.54) is 56.0 Å². The van der Waals surface area contributed by atoms with E-state index in [2.05, 4.69) is 29.4 Å². The van der Waals surface area contributed by atoms with Crippen molar-refractivity contribution in [3.05, 3.63) is 11.1 Å². The Morgan fingerprint density at radius 2 is 1.89 bits per heavy atom. The Morgan fingerprint density at radius 1 is 1.22 bits per heavy atom. The number of anilines is 1. The maximum absolute atomic E-state index is 4.76. The second kappa shape index (κ2) is 7.10. The first-order valence-electron chi connectivity index (χ1n) is 7.18. The number of hydrogen-bond acceptors (Lipinski definition) is 4. The van der Waals surface area contributed by atoms with Gasteiger partial charge in [-0.25, -0.2) is 4.98 Å². The fraction of sp³-hybridized carbons (Fsp3) is 0.786. The zero-order valence-corrected chi connectivity index (χ0v) is 12.4. The van der Waals surface area contributed by atoms with Gasteiger partial charge < -0.3 is 10.2 Å². The van der Waals surface area contributed by atoms with Gasteiger partial charge in [-0.05, 0) is 12.8 Å². The predicted molar refractivity (Wildman–Crippen MR) is 79.4 cm³/mol. The molecule has 0 bridgehead atoms. The van der Waals surface area contributed by atoms with Crippen molar-refractivity contribution in [2.24, 2.45) is 0 Å². The summed E-state index contributed by atoms with van der Waals surface area (Å²) in [5.74, 6) is 0. The van der Waals surface area contributed by atoms with Gasteiger partial charge in [0.1, 0.15) is 0 Å². The molecule has 0 aromatic carbocycles. The molecule has 1 saturated heterocycles. The molecule has 0 unspecified atom stereocenters. The Hall–Kier alpha value is -0.610. The lowest BCUT2D eigenvalue weighted by atomic mass is 10.1. The van der Waals surface area contributed by atoms with Gasteiger partial charge in [0.25, 0.3) is 0 Å². The summed E-state index contributed by atoms with van der Waals surface area (Å²) in [6.07, 6.45) is 6.81. The van der Waals surface area contributed by atoms with Crippen LogP contribution in [0.25, 0.3) is 0 Å². The van der Waals surface area contributed by atoms with Crippen molar-refractivity contribution < 1.29 is 0 Å². The number of nitrogens with zero attached hydrogens (tertiary/aromatic N) is 2. The minimum atomic E-state index is 0.525. The molecule has 1 N–H and O–H groups in total. The third-order valence-corrected chi connectivity index (χ3v) is 4.31. The number of aromatic nitrogens is 1. The van der Waals surface area contributed by atoms with E-state index in [1.54, 1.807) is 11.3 Å². The Balaban J connectivity index is 1.90. The van der Waals surface area contributed by atoms with Crippen molar-refractivity contribution in [3.63, 3.8) is 0 Å². The van der Waals surface area contributed by atoms with Crippen molar-refractivity contribution in [1.82, 2.24) is 10.3 Å². The van der Waals surface area contributed by atoms with Crippen molar-refractivity contribution in [2.75, 3.05) is 18.0 Å². The van der Waals surface area contributed by atoms with Gasteiger partial charge in [0.15, 0.2) is 5.13 Å². The molecule has 0 spiro atoms. The average molecular weight is 267 g/mol. The fourth-order valence-electron chi connectivity index (χ4n) is 2.27. The summed E-state index contributed by atoms with van der Waals surface area (Å²) >= 11 is 1.80. The minimum absolute atomic E-state index is 0.525. The van der Waals surface area contributed by atoms with Crippen molar-refractivity contribution in [1.29, 1.82) is 0 Å². The molecule has 1 aliphatic rings. The van der Waals surface area contributed by atoms with Gasteiger partial charge in [0.2, 0.25) is 0 Å². The topological polar surface area (TPSA) is 28.2 Å². The van der Waals surface area contributed by atoms with Crippen LogP contribution in [-0.2, 0) is 6.54 Å². The van der Waals surface area contributed by atoms with Crippen LogP contribution in [0.15, 0.2) is 5.38 Å². The maximum Gasteiger partial charge on any atom is 0.185 e. The first kappa shape index (κ1) is 13.8. The summed E-state index contributed by atoms with van der Waals surface area (Å²) in [5.41, 5.74) is 1.19. The number of rotatable bonds is 4. The lowest BCUT2D eigenvalue weighted by Gasteiger charge is -2.23. The molecule has 0 aliphatic carbocycles. The molecule has 0 saturated carbocycles. The first-order chi connectivity index (χ1) is 8.75. The Kier molecular flexibility index (Phi) is 5.45. The van der Waals surface area contributed by atoms with Crippen LogP contribution < -0.4 is 10.2 Å². The van der Waals surface area contributed by atoms with Gasteiger partial charge in [-0.15, -0.1) is 11.3 Å². The zero-order valence-electron chi connectivity index (χ0n) is 11.6. The molecule has 2 heterocycles. The summed E-state index contributed by atoms with van der Waals surface area (Å²) in [6.45, 7) is 7.61. The molecule has 2 rings (SSSR count). The van der Waals surface area contributed by atoms with Crippen LogP contribution >= 0.6 is 11.3 Å². The van der Waals surface area contributed by atoms with Gasteiger partial charge >= 0.3 is 0 Å². The third-order valence-electron chi connectivity index (χ3n) is 3.36. The van der Waals surface area contributed by atoms with Crippen LogP contribution in [0.1, 0.15) is 51.6 Å². The SMILES string of the molecule is CC(C)NCc1csc(N2CCCCCCC2)n1. The quantitative estimate of drug-likeness (QED) is 0.906. The molecule has 1 aromatic rings. The highest BCUT2D eigenvalue weighted by Gasteiger charge is 2.12. The molecule has 102 valence electrons. The summed E-state index contributed by atoms with van der Waals surface area (Å²) in [4.78, 5) is 7.24. The molecule has 1 aliphatic heterocycles. The highest BCUT2D eigenvalue weighted by Crippen LogP contribution is 2.23. The predicted octanol–water partition coefficient (Wildman–Crippen LogP) is 3.41. The van der Waals surface area contributed by atoms with E-state index in [1.807, 2.05) is 0 Å². The normalized spacial score (nSPS) is 17.8. The highest BCUT2D eigenvalue weighted by atomic mass is 32.1. The molecule has 0 amide bonds. The second-order valence-electron chi connectivity index (χ2n) is 5.41. The Labute approximate surface area is 115 Å². The standard InChI is InChI=1S/C14H25N3S/c1-12(2)15-10-13-11-18-14(16-13)17-8-6-4-3-5-7-9-17/h11-12,15H,3-10H2,1-2H3. The van der Waals surface area contributed by atoms with E-state index in [4.69, 9.17) is 4.98 Å². The van der Waals surface area contributed by atoms with E-state index < -0.39 is 0 Å². The van der Waals surface area contributed by atoms with E-state index in [-0.39, 0.29) is 0 Å². The van der Waals surface area contributed by atoms with Crippen LogP contribution in [0, 0.1) is 0 Å². The Bertz CT molecular complexity index is 341. The van der Waals surface area contributed by atoms with E-state index in [0.717, 1.165) is 6.54 Å². The monoisotopic (exact) mass is 267 g/mol. The molecule has 18 heavy (non-hydrogen) atoms. The number of thiazole rings is 1. The lowest BCUT2D eigenvalue weighted by molar-refractivity contribution is 0.554. The van der Waals surface area contributed by atoms with E-state index >= 15 is 0 Å². The van der Waals surface area contributed by atoms with Gasteiger partial charge in [0.05, 0.1) is 5.69 Å². The second-order valence-corrected chi connectivity index (χ2v) is 6.25. The molecular formula is C14H25N3S. The number of nitrogens with one attached hydrogen (secondary N) is 1. The van der Waals surface area contributed by atoms with E-state index in [9.17, 15) is 0 Å². The third kappa shape index (κ3) is 4.25. The van der Waals surface area contributed by atoms with Gasteiger partial charge in [-0.2, -0.15) is 0 Å². The van der Waals surface area contributed by atoms with Crippen LogP contribution in [0.4, 0.5) is 5.13 Å². The van der Waals surface area contributed by atoms with Crippen molar-refractivity contribution in [3.8, 4) is 0 Å². The Morgan fingerprint density at radius 3 is 2.56 bits per heavy atom. The summed E-state index contributed by atoms with van der Waals surface area (Å²) in [7, 11) is 0. The van der Waals surface area contributed by atoms with Gasteiger partial charge in [-0.3, -0.25) is 0 Å².